The highest BCUT2D eigenvalue weighted by atomic mass is 16.5. The molecule has 0 radical (unpaired) electrons. The van der Waals surface area contributed by atoms with Crippen molar-refractivity contribution in [1.82, 2.24) is 20.2 Å². The molecule has 158 valence electrons. The van der Waals surface area contributed by atoms with Gasteiger partial charge in [0, 0.05) is 24.5 Å². The van der Waals surface area contributed by atoms with Crippen molar-refractivity contribution < 1.29 is 9.47 Å². The van der Waals surface area contributed by atoms with Crippen LogP contribution in [0.5, 0.6) is 5.75 Å². The van der Waals surface area contributed by atoms with Gasteiger partial charge in [0.15, 0.2) is 0 Å². The topological polar surface area (TPSA) is 76.2 Å². The van der Waals surface area contributed by atoms with E-state index >= 15 is 0 Å². The van der Waals surface area contributed by atoms with Gasteiger partial charge in [0.1, 0.15) is 29.2 Å². The predicted octanol–water partition coefficient (Wildman–Crippen LogP) is 4.35. The molecule has 0 unspecified atom stereocenters. The summed E-state index contributed by atoms with van der Waals surface area (Å²) < 4.78 is 12.4. The second kappa shape index (κ2) is 6.41. The van der Waals surface area contributed by atoms with Crippen molar-refractivity contribution in [3.05, 3.63) is 30.6 Å². The number of hydrogen-bond donors (Lipinski definition) is 1. The highest BCUT2D eigenvalue weighted by Gasteiger charge is 2.40. The SMILES string of the molecule is CC1(C)CN(c2cc(-c3n[nH]c4ccc(OC5(C)CC5)cc34)ncn2)CC(C)(C)O1. The number of nitrogens with one attached hydrogen (secondary N) is 1. The average Bonchev–Trinajstić information content (AvgIpc) is 3.22. The van der Waals surface area contributed by atoms with Gasteiger partial charge in [-0.15, -0.1) is 0 Å². The van der Waals surface area contributed by atoms with Crippen LogP contribution in [0.25, 0.3) is 22.3 Å². The van der Waals surface area contributed by atoms with E-state index in [4.69, 9.17) is 9.47 Å². The second-order valence-electron chi connectivity index (χ2n) is 10.1. The lowest BCUT2D eigenvalue weighted by Gasteiger charge is -2.47. The number of hydrogen-bond acceptors (Lipinski definition) is 6. The van der Waals surface area contributed by atoms with Crippen LogP contribution in [0.1, 0.15) is 47.5 Å². The summed E-state index contributed by atoms with van der Waals surface area (Å²) in [6, 6.07) is 8.09. The van der Waals surface area contributed by atoms with E-state index in [1.54, 1.807) is 6.33 Å². The van der Waals surface area contributed by atoms with Crippen LogP contribution >= 0.6 is 0 Å². The Morgan fingerprint density at radius 3 is 2.43 bits per heavy atom. The third kappa shape index (κ3) is 3.74. The fraction of sp³-hybridized carbons (Fsp3) is 0.522. The predicted molar refractivity (Wildman–Crippen MR) is 117 cm³/mol. The molecule has 7 nitrogen and oxygen atoms in total. The zero-order valence-electron chi connectivity index (χ0n) is 18.3. The molecule has 0 spiro atoms. The first-order valence-electron chi connectivity index (χ1n) is 10.6. The molecule has 3 heterocycles. The van der Waals surface area contributed by atoms with Gasteiger partial charge in [-0.1, -0.05) is 0 Å². The fourth-order valence-corrected chi connectivity index (χ4v) is 4.41. The van der Waals surface area contributed by atoms with Crippen molar-refractivity contribution in [3.8, 4) is 17.1 Å². The van der Waals surface area contributed by atoms with E-state index in [-0.39, 0.29) is 16.8 Å². The summed E-state index contributed by atoms with van der Waals surface area (Å²) in [7, 11) is 0. The van der Waals surface area contributed by atoms with E-state index in [1.165, 1.54) is 0 Å². The molecular weight excluding hydrogens is 378 g/mol. The van der Waals surface area contributed by atoms with Gasteiger partial charge in [-0.25, -0.2) is 9.97 Å². The Balaban J connectivity index is 1.49. The van der Waals surface area contributed by atoms with Gasteiger partial charge in [-0.3, -0.25) is 5.10 Å². The Labute approximate surface area is 176 Å². The number of nitrogens with zero attached hydrogens (tertiary/aromatic N) is 4. The minimum Gasteiger partial charge on any atom is -0.488 e. The van der Waals surface area contributed by atoms with Crippen LogP contribution in [0.2, 0.25) is 0 Å². The molecule has 1 aromatic carbocycles. The first-order chi connectivity index (χ1) is 14.1. The van der Waals surface area contributed by atoms with Crippen molar-refractivity contribution in [3.63, 3.8) is 0 Å². The van der Waals surface area contributed by atoms with Gasteiger partial charge in [0.05, 0.1) is 22.4 Å². The molecule has 1 saturated carbocycles. The number of morpholine rings is 1. The van der Waals surface area contributed by atoms with Gasteiger partial charge in [-0.05, 0) is 65.7 Å². The van der Waals surface area contributed by atoms with Crippen molar-refractivity contribution in [2.75, 3.05) is 18.0 Å². The van der Waals surface area contributed by atoms with Gasteiger partial charge in [0.25, 0.3) is 0 Å². The smallest absolute Gasteiger partial charge is 0.132 e. The zero-order chi connectivity index (χ0) is 21.1. The first-order valence-corrected chi connectivity index (χ1v) is 10.6. The second-order valence-corrected chi connectivity index (χ2v) is 10.1. The number of H-pyrrole nitrogens is 1. The van der Waals surface area contributed by atoms with Crippen LogP contribution < -0.4 is 9.64 Å². The minimum atomic E-state index is -0.253. The van der Waals surface area contributed by atoms with Crippen molar-refractivity contribution in [2.45, 2.75) is 64.3 Å². The summed E-state index contributed by atoms with van der Waals surface area (Å²) in [6.45, 7) is 12.2. The molecule has 1 saturated heterocycles. The Bertz CT molecular complexity index is 1080. The monoisotopic (exact) mass is 407 g/mol. The number of rotatable bonds is 4. The fourth-order valence-electron chi connectivity index (χ4n) is 4.41. The molecule has 2 fully saturated rings. The Hall–Kier alpha value is -2.67. The number of aromatic amines is 1. The van der Waals surface area contributed by atoms with Crippen LogP contribution in [-0.2, 0) is 4.74 Å². The maximum absolute atomic E-state index is 6.21. The average molecular weight is 408 g/mol. The number of ether oxygens (including phenoxy) is 2. The Kier molecular flexibility index (Phi) is 4.13. The van der Waals surface area contributed by atoms with E-state index < -0.39 is 0 Å². The van der Waals surface area contributed by atoms with Crippen LogP contribution in [-0.4, -0.2) is 50.1 Å². The molecule has 1 aliphatic carbocycles. The van der Waals surface area contributed by atoms with E-state index in [9.17, 15) is 0 Å². The highest BCUT2D eigenvalue weighted by Crippen LogP contribution is 2.40. The molecule has 5 rings (SSSR count). The summed E-state index contributed by atoms with van der Waals surface area (Å²) in [5, 5.41) is 8.67. The van der Waals surface area contributed by atoms with Crippen LogP contribution in [0.3, 0.4) is 0 Å². The number of anilines is 1. The summed E-state index contributed by atoms with van der Waals surface area (Å²) in [5.41, 5.74) is 2.05. The molecule has 0 amide bonds. The van der Waals surface area contributed by atoms with E-state index in [2.05, 4.69) is 65.8 Å². The Morgan fingerprint density at radius 1 is 1.00 bits per heavy atom. The van der Waals surface area contributed by atoms with Crippen molar-refractivity contribution >= 4 is 16.7 Å². The maximum atomic E-state index is 6.21. The number of aromatic nitrogens is 4. The Morgan fingerprint density at radius 2 is 1.73 bits per heavy atom. The van der Waals surface area contributed by atoms with Crippen LogP contribution in [0.15, 0.2) is 30.6 Å². The van der Waals surface area contributed by atoms with Gasteiger partial charge >= 0.3 is 0 Å². The molecule has 7 heteroatoms. The first kappa shape index (κ1) is 19.3. The maximum Gasteiger partial charge on any atom is 0.132 e. The van der Waals surface area contributed by atoms with E-state index in [1.807, 2.05) is 18.2 Å². The largest absolute Gasteiger partial charge is 0.488 e. The summed E-state index contributed by atoms with van der Waals surface area (Å²) in [5.74, 6) is 1.76. The molecular formula is C23H29N5O2. The van der Waals surface area contributed by atoms with E-state index in [0.717, 1.165) is 59.8 Å². The lowest BCUT2D eigenvalue weighted by atomic mass is 9.99. The molecule has 1 N–H and O–H groups in total. The highest BCUT2D eigenvalue weighted by molar-refractivity contribution is 5.93. The lowest BCUT2D eigenvalue weighted by molar-refractivity contribution is -0.133. The molecule has 30 heavy (non-hydrogen) atoms. The van der Waals surface area contributed by atoms with Gasteiger partial charge in [0.2, 0.25) is 0 Å². The van der Waals surface area contributed by atoms with Crippen molar-refractivity contribution in [2.24, 2.45) is 0 Å². The van der Waals surface area contributed by atoms with E-state index in [0.29, 0.717) is 0 Å². The third-order valence-corrected chi connectivity index (χ3v) is 5.77. The molecule has 1 aliphatic heterocycles. The quantitative estimate of drug-likeness (QED) is 0.693. The van der Waals surface area contributed by atoms with Crippen LogP contribution in [0.4, 0.5) is 5.82 Å². The molecule has 2 aliphatic rings. The molecule has 2 aromatic heterocycles. The van der Waals surface area contributed by atoms with Crippen molar-refractivity contribution in [1.29, 1.82) is 0 Å². The third-order valence-electron chi connectivity index (χ3n) is 5.77. The molecule has 0 atom stereocenters. The number of fused-ring (bicyclic) bond motifs is 1. The van der Waals surface area contributed by atoms with Gasteiger partial charge < -0.3 is 14.4 Å². The van der Waals surface area contributed by atoms with Crippen LogP contribution in [0, 0.1) is 0 Å². The normalized spacial score (nSPS) is 21.6. The number of benzene rings is 1. The molecule has 0 bridgehead atoms. The summed E-state index contributed by atoms with van der Waals surface area (Å²) in [4.78, 5) is 11.3. The minimum absolute atomic E-state index is 0.0183. The zero-order valence-corrected chi connectivity index (χ0v) is 18.3. The summed E-state index contributed by atoms with van der Waals surface area (Å²) >= 11 is 0. The molecule has 3 aromatic rings. The standard InChI is InChI=1S/C23H29N5O2/c1-21(2)12-28(13-22(3,4)30-21)19-11-18(24-14-25-19)20-16-10-15(29-23(5)8-9-23)6-7-17(16)26-27-20/h6-7,10-11,14H,8-9,12-13H2,1-5H3,(H,26,27). The summed E-state index contributed by atoms with van der Waals surface area (Å²) in [6.07, 6.45) is 3.82. The van der Waals surface area contributed by atoms with Gasteiger partial charge in [-0.2, -0.15) is 5.10 Å². The lowest BCUT2D eigenvalue weighted by Crippen LogP contribution is -2.57.